The minimum absolute atomic E-state index is 0.0571. The number of aromatic nitrogens is 1. The molecular formula is C58H51BN2OS. The highest BCUT2D eigenvalue weighted by atomic mass is 32.1. The Morgan fingerprint density at radius 1 is 0.571 bits per heavy atom. The maximum Gasteiger partial charge on any atom is 0.343 e. The Kier molecular flexibility index (Phi) is 6.79. The van der Waals surface area contributed by atoms with Crippen LogP contribution in [0.3, 0.4) is 0 Å². The molecule has 5 heterocycles. The lowest BCUT2D eigenvalue weighted by atomic mass is 9.48. The second-order valence-electron chi connectivity index (χ2n) is 22.1. The zero-order chi connectivity index (χ0) is 42.7. The van der Waals surface area contributed by atoms with E-state index in [1.807, 2.05) is 11.3 Å². The molecule has 2 aliphatic heterocycles. The number of para-hydroxylation sites is 2. The second kappa shape index (κ2) is 11.7. The van der Waals surface area contributed by atoms with Crippen molar-refractivity contribution >= 4 is 110 Å². The van der Waals surface area contributed by atoms with Gasteiger partial charge in [0.05, 0.1) is 5.69 Å². The molecule has 0 atom stereocenters. The Morgan fingerprint density at radius 3 is 2.02 bits per heavy atom. The Morgan fingerprint density at radius 2 is 1.24 bits per heavy atom. The van der Waals surface area contributed by atoms with Gasteiger partial charge in [0.2, 0.25) is 0 Å². The normalized spacial score (nSPS) is 18.7. The fourth-order valence-electron chi connectivity index (χ4n) is 13.0. The lowest BCUT2D eigenvalue weighted by molar-refractivity contribution is 0.332. The summed E-state index contributed by atoms with van der Waals surface area (Å²) in [5.74, 6) is 0. The van der Waals surface area contributed by atoms with Crippen molar-refractivity contribution in [2.75, 3.05) is 4.90 Å². The summed E-state index contributed by atoms with van der Waals surface area (Å²) in [4.78, 5) is 2.71. The monoisotopic (exact) mass is 834 g/mol. The van der Waals surface area contributed by atoms with Crippen molar-refractivity contribution in [2.24, 2.45) is 0 Å². The third-order valence-corrected chi connectivity index (χ3v) is 17.9. The number of hydrogen-bond acceptors (Lipinski definition) is 3. The van der Waals surface area contributed by atoms with E-state index < -0.39 is 0 Å². The van der Waals surface area contributed by atoms with Gasteiger partial charge in [-0.15, -0.1) is 11.3 Å². The number of hydrogen-bond donors (Lipinski definition) is 0. The zero-order valence-electron chi connectivity index (χ0n) is 37.6. The van der Waals surface area contributed by atoms with E-state index in [0.29, 0.717) is 0 Å². The number of anilines is 3. The van der Waals surface area contributed by atoms with E-state index in [-0.39, 0.29) is 28.5 Å². The second-order valence-corrected chi connectivity index (χ2v) is 23.2. The third-order valence-electron chi connectivity index (χ3n) is 16.7. The molecule has 0 spiro atoms. The number of rotatable bonds is 1. The molecule has 3 nitrogen and oxygen atoms in total. The first-order valence-corrected chi connectivity index (χ1v) is 24.0. The SMILES string of the molecule is CC1(C)CCC(C)(C)c2cc(N3c4cc5c(oc6ccccc65)c5c4B(c4sc6cc7c(cc6c43)C(C)(C)CCC7(C)C)n3c4ccc6ccccc6c4c4cccc-5c43)ccc21. The summed E-state index contributed by atoms with van der Waals surface area (Å²) in [6, 6.07) is 44.7. The van der Waals surface area contributed by atoms with Crippen LogP contribution < -0.4 is 15.1 Å². The Hall–Kier alpha value is -5.78. The van der Waals surface area contributed by atoms with E-state index in [2.05, 4.69) is 180 Å². The van der Waals surface area contributed by atoms with Gasteiger partial charge in [0.15, 0.2) is 0 Å². The molecule has 0 bridgehead atoms. The molecule has 14 rings (SSSR count). The van der Waals surface area contributed by atoms with E-state index in [1.165, 1.54) is 140 Å². The van der Waals surface area contributed by atoms with Gasteiger partial charge in [-0.1, -0.05) is 128 Å². The van der Waals surface area contributed by atoms with Gasteiger partial charge >= 0.3 is 6.85 Å². The van der Waals surface area contributed by atoms with E-state index in [9.17, 15) is 0 Å². The molecule has 0 unspecified atom stereocenters. The predicted octanol–water partition coefficient (Wildman–Crippen LogP) is 15.2. The summed E-state index contributed by atoms with van der Waals surface area (Å²) in [6.45, 7) is 19.7. The highest BCUT2D eigenvalue weighted by Gasteiger charge is 2.48. The summed E-state index contributed by atoms with van der Waals surface area (Å²) >= 11 is 2.03. The quantitative estimate of drug-likeness (QED) is 0.154. The van der Waals surface area contributed by atoms with Crippen molar-refractivity contribution in [2.45, 2.75) is 103 Å². The number of furan rings is 1. The average molecular weight is 835 g/mol. The van der Waals surface area contributed by atoms with Gasteiger partial charge in [-0.05, 0) is 128 Å². The zero-order valence-corrected chi connectivity index (χ0v) is 38.4. The first-order chi connectivity index (χ1) is 30.2. The van der Waals surface area contributed by atoms with E-state index in [0.717, 1.165) is 11.2 Å². The van der Waals surface area contributed by atoms with Crippen LogP contribution >= 0.6 is 11.3 Å². The highest BCUT2D eigenvalue weighted by Crippen LogP contribution is 2.56. The molecule has 0 N–H and O–H groups in total. The van der Waals surface area contributed by atoms with Crippen LogP contribution in [0.2, 0.25) is 0 Å². The minimum Gasteiger partial charge on any atom is -0.455 e. The molecule has 7 aromatic carbocycles. The summed E-state index contributed by atoms with van der Waals surface area (Å²) in [5, 5.41) is 8.95. The fourth-order valence-corrected chi connectivity index (χ4v) is 14.3. The van der Waals surface area contributed by atoms with Crippen LogP contribution in [0.25, 0.3) is 75.7 Å². The molecule has 0 radical (unpaired) electrons. The van der Waals surface area contributed by atoms with Gasteiger partial charge < -0.3 is 13.8 Å². The topological polar surface area (TPSA) is 21.3 Å². The smallest absolute Gasteiger partial charge is 0.343 e. The van der Waals surface area contributed by atoms with Crippen molar-refractivity contribution in [3.05, 3.63) is 138 Å². The van der Waals surface area contributed by atoms with Crippen LogP contribution in [0.5, 0.6) is 0 Å². The molecule has 0 fully saturated rings. The van der Waals surface area contributed by atoms with Crippen molar-refractivity contribution < 1.29 is 4.42 Å². The van der Waals surface area contributed by atoms with Gasteiger partial charge in [-0.25, -0.2) is 0 Å². The molecule has 0 saturated carbocycles. The van der Waals surface area contributed by atoms with Crippen molar-refractivity contribution in [1.82, 2.24) is 4.48 Å². The maximum absolute atomic E-state index is 7.11. The average Bonchev–Trinajstić information content (AvgIpc) is 3.95. The van der Waals surface area contributed by atoms with Crippen molar-refractivity contribution in [3.8, 4) is 11.1 Å². The van der Waals surface area contributed by atoms with Gasteiger partial charge in [0.1, 0.15) is 11.2 Å². The Balaban J connectivity index is 1.19. The maximum atomic E-state index is 7.11. The van der Waals surface area contributed by atoms with Gasteiger partial charge in [-0.2, -0.15) is 0 Å². The summed E-state index contributed by atoms with van der Waals surface area (Å²) in [6.07, 6.45) is 4.74. The first-order valence-electron chi connectivity index (χ1n) is 23.2. The molecule has 4 aliphatic rings. The van der Waals surface area contributed by atoms with E-state index in [1.54, 1.807) is 0 Å². The molecule has 3 aromatic heterocycles. The molecule has 308 valence electrons. The molecule has 0 saturated heterocycles. The van der Waals surface area contributed by atoms with E-state index in [4.69, 9.17) is 4.42 Å². The molecule has 0 amide bonds. The van der Waals surface area contributed by atoms with Crippen LogP contribution in [-0.2, 0) is 21.7 Å². The largest absolute Gasteiger partial charge is 0.455 e. The van der Waals surface area contributed by atoms with Crippen LogP contribution in [0.1, 0.15) is 103 Å². The molecule has 63 heavy (non-hydrogen) atoms. The van der Waals surface area contributed by atoms with Crippen molar-refractivity contribution in [1.29, 1.82) is 0 Å². The number of fused-ring (bicyclic) bond motifs is 17. The van der Waals surface area contributed by atoms with Gasteiger partial charge in [-0.3, -0.25) is 0 Å². The fraction of sp³-hybridized carbons (Fsp3) is 0.276. The molecule has 2 aliphatic carbocycles. The van der Waals surface area contributed by atoms with Crippen LogP contribution in [-0.4, -0.2) is 11.3 Å². The van der Waals surface area contributed by atoms with E-state index >= 15 is 0 Å². The molecule has 5 heteroatoms. The Bertz CT molecular complexity index is 3720. The van der Waals surface area contributed by atoms with Crippen LogP contribution in [0, 0.1) is 0 Å². The Labute approximate surface area is 373 Å². The summed E-state index contributed by atoms with van der Waals surface area (Å²) in [7, 11) is 0. The number of benzene rings is 7. The lowest BCUT2D eigenvalue weighted by Crippen LogP contribution is -2.55. The van der Waals surface area contributed by atoms with Gasteiger partial charge in [0, 0.05) is 69.9 Å². The van der Waals surface area contributed by atoms with Crippen LogP contribution in [0.15, 0.2) is 120 Å². The highest BCUT2D eigenvalue weighted by molar-refractivity contribution is 7.32. The minimum atomic E-state index is -0.0571. The predicted molar refractivity (Wildman–Crippen MR) is 271 cm³/mol. The number of nitrogens with zero attached hydrogens (tertiary/aromatic N) is 2. The molecule has 10 aromatic rings. The summed E-state index contributed by atoms with van der Waals surface area (Å²) < 4.78 is 12.6. The first kappa shape index (κ1) is 36.7. The summed E-state index contributed by atoms with van der Waals surface area (Å²) in [5.41, 5.74) is 18.6. The van der Waals surface area contributed by atoms with Crippen LogP contribution in [0.4, 0.5) is 17.1 Å². The van der Waals surface area contributed by atoms with Crippen molar-refractivity contribution in [3.63, 3.8) is 0 Å². The molecular weight excluding hydrogens is 784 g/mol. The van der Waals surface area contributed by atoms with Gasteiger partial charge in [0.25, 0.3) is 0 Å². The lowest BCUT2D eigenvalue weighted by Gasteiger charge is -2.44. The number of thiophene rings is 1. The standard InChI is InChI=1S/C58H51BN2OS/c1-55(2)24-25-56(3,4)41-28-33(21-22-40(41)55)60-45-30-38-35-16-11-12-19-46(35)62-53(38)49-37-18-13-17-36-48-34-15-10-9-14-32(34)20-23-44(48)61(51(36)37)59(50(45)49)54-52(60)39-29-42-43(31-47(39)63-54)58(7,8)27-26-57(42,5)6/h9-23,28-31H,24-27H2,1-8H3. The third kappa shape index (κ3) is 4.57.